The maximum atomic E-state index is 12.6. The van der Waals surface area contributed by atoms with Crippen molar-refractivity contribution in [3.05, 3.63) is 33.8 Å². The van der Waals surface area contributed by atoms with Crippen LogP contribution in [0.5, 0.6) is 0 Å². The topological polar surface area (TPSA) is 20.3 Å². The third-order valence-electron chi connectivity index (χ3n) is 3.73. The minimum Gasteiger partial charge on any atom is -0.336 e. The summed E-state index contributed by atoms with van der Waals surface area (Å²) >= 11 is 11.9. The van der Waals surface area contributed by atoms with E-state index >= 15 is 0 Å². The van der Waals surface area contributed by atoms with Crippen LogP contribution in [0.4, 0.5) is 0 Å². The first kappa shape index (κ1) is 14.7. The van der Waals surface area contributed by atoms with E-state index in [4.69, 9.17) is 23.2 Å². The molecule has 1 aliphatic carbocycles. The van der Waals surface area contributed by atoms with Crippen LogP contribution in [-0.4, -0.2) is 23.4 Å². The van der Waals surface area contributed by atoms with Crippen molar-refractivity contribution in [2.24, 2.45) is 0 Å². The van der Waals surface area contributed by atoms with Crippen LogP contribution in [-0.2, 0) is 0 Å². The lowest BCUT2D eigenvalue weighted by Gasteiger charge is -2.33. The quantitative estimate of drug-likeness (QED) is 0.786. The average Bonchev–Trinajstić information content (AvgIpc) is 2.39. The van der Waals surface area contributed by atoms with Gasteiger partial charge in [0.1, 0.15) is 0 Å². The van der Waals surface area contributed by atoms with Gasteiger partial charge < -0.3 is 4.90 Å². The summed E-state index contributed by atoms with van der Waals surface area (Å²) in [6.45, 7) is 2.76. The first-order valence-electron chi connectivity index (χ1n) is 6.89. The van der Waals surface area contributed by atoms with E-state index in [1.165, 1.54) is 19.3 Å². The van der Waals surface area contributed by atoms with Crippen LogP contribution in [0.3, 0.4) is 0 Å². The van der Waals surface area contributed by atoms with E-state index in [2.05, 4.69) is 0 Å². The van der Waals surface area contributed by atoms with Gasteiger partial charge in [0.2, 0.25) is 0 Å². The maximum absolute atomic E-state index is 12.6. The fourth-order valence-corrected chi connectivity index (χ4v) is 3.33. The Bertz CT molecular complexity index is 435. The van der Waals surface area contributed by atoms with Crippen molar-refractivity contribution < 1.29 is 4.79 Å². The molecule has 1 aromatic rings. The van der Waals surface area contributed by atoms with E-state index in [0.29, 0.717) is 21.7 Å². The molecule has 0 atom stereocenters. The van der Waals surface area contributed by atoms with Gasteiger partial charge in [0.25, 0.3) is 5.91 Å². The van der Waals surface area contributed by atoms with Crippen molar-refractivity contribution in [1.29, 1.82) is 0 Å². The molecule has 1 aromatic carbocycles. The summed E-state index contributed by atoms with van der Waals surface area (Å²) in [7, 11) is 0. The van der Waals surface area contributed by atoms with Crippen LogP contribution in [0.15, 0.2) is 18.2 Å². The van der Waals surface area contributed by atoms with Crippen LogP contribution in [0.2, 0.25) is 10.0 Å². The number of nitrogens with zero attached hydrogens (tertiary/aromatic N) is 1. The van der Waals surface area contributed by atoms with E-state index in [-0.39, 0.29) is 5.91 Å². The third-order valence-corrected chi connectivity index (χ3v) is 4.16. The zero-order chi connectivity index (χ0) is 13.8. The lowest BCUT2D eigenvalue weighted by atomic mass is 9.93. The molecule has 2 rings (SSSR count). The molecule has 0 spiro atoms. The number of halogens is 2. The zero-order valence-electron chi connectivity index (χ0n) is 11.2. The predicted molar refractivity (Wildman–Crippen MR) is 80.0 cm³/mol. The predicted octanol–water partition coefficient (Wildman–Crippen LogP) is 4.79. The smallest absolute Gasteiger partial charge is 0.254 e. The molecule has 0 heterocycles. The Morgan fingerprint density at radius 3 is 2.26 bits per heavy atom. The largest absolute Gasteiger partial charge is 0.336 e. The molecule has 0 aromatic heterocycles. The summed E-state index contributed by atoms with van der Waals surface area (Å²) in [5.74, 6) is 0.0406. The second-order valence-electron chi connectivity index (χ2n) is 5.04. The summed E-state index contributed by atoms with van der Waals surface area (Å²) in [6, 6.07) is 5.41. The molecule has 0 radical (unpaired) electrons. The van der Waals surface area contributed by atoms with Crippen LogP contribution >= 0.6 is 23.2 Å². The highest BCUT2D eigenvalue weighted by Gasteiger charge is 2.25. The summed E-state index contributed by atoms with van der Waals surface area (Å²) < 4.78 is 0. The van der Waals surface area contributed by atoms with Gasteiger partial charge in [0.15, 0.2) is 0 Å². The van der Waals surface area contributed by atoms with Crippen molar-refractivity contribution >= 4 is 29.1 Å². The number of carbonyl (C=O) groups is 1. The Morgan fingerprint density at radius 2 is 1.74 bits per heavy atom. The van der Waals surface area contributed by atoms with E-state index in [1.54, 1.807) is 18.2 Å². The highest BCUT2D eigenvalue weighted by Crippen LogP contribution is 2.25. The van der Waals surface area contributed by atoms with E-state index in [0.717, 1.165) is 19.4 Å². The van der Waals surface area contributed by atoms with E-state index in [9.17, 15) is 4.79 Å². The van der Waals surface area contributed by atoms with Crippen molar-refractivity contribution in [3.63, 3.8) is 0 Å². The Morgan fingerprint density at radius 1 is 1.16 bits per heavy atom. The minimum atomic E-state index is 0.0406. The van der Waals surface area contributed by atoms with Crippen LogP contribution < -0.4 is 0 Å². The molecular weight excluding hydrogens is 281 g/mol. The van der Waals surface area contributed by atoms with Crippen molar-refractivity contribution in [2.45, 2.75) is 45.1 Å². The van der Waals surface area contributed by atoms with Gasteiger partial charge in [-0.05, 0) is 38.0 Å². The van der Waals surface area contributed by atoms with Crippen molar-refractivity contribution in [2.75, 3.05) is 6.54 Å². The van der Waals surface area contributed by atoms with Crippen molar-refractivity contribution in [1.82, 2.24) is 4.90 Å². The van der Waals surface area contributed by atoms with Gasteiger partial charge in [0, 0.05) is 28.2 Å². The van der Waals surface area contributed by atoms with Gasteiger partial charge in [-0.3, -0.25) is 4.79 Å². The van der Waals surface area contributed by atoms with Gasteiger partial charge in [-0.15, -0.1) is 0 Å². The third kappa shape index (κ3) is 3.64. The zero-order valence-corrected chi connectivity index (χ0v) is 12.7. The van der Waals surface area contributed by atoms with Gasteiger partial charge in [-0.1, -0.05) is 42.5 Å². The number of rotatable bonds is 3. The van der Waals surface area contributed by atoms with Crippen LogP contribution in [0, 0.1) is 0 Å². The summed E-state index contributed by atoms with van der Waals surface area (Å²) in [4.78, 5) is 14.5. The summed E-state index contributed by atoms with van der Waals surface area (Å²) in [5, 5.41) is 1.02. The van der Waals surface area contributed by atoms with Crippen LogP contribution in [0.25, 0.3) is 0 Å². The van der Waals surface area contributed by atoms with Crippen LogP contribution in [0.1, 0.15) is 49.4 Å². The monoisotopic (exact) mass is 299 g/mol. The van der Waals surface area contributed by atoms with Gasteiger partial charge in [-0.25, -0.2) is 0 Å². The molecule has 2 nitrogen and oxygen atoms in total. The molecule has 4 heteroatoms. The molecule has 0 aliphatic heterocycles. The lowest BCUT2D eigenvalue weighted by molar-refractivity contribution is 0.0648. The number of hydrogen-bond donors (Lipinski definition) is 0. The Kier molecular flexibility index (Phi) is 5.12. The average molecular weight is 300 g/mol. The molecule has 0 bridgehead atoms. The number of hydrogen-bond acceptors (Lipinski definition) is 1. The SMILES string of the molecule is CCN(C(=O)c1cc(Cl)cc(Cl)c1)C1CCCCC1. The highest BCUT2D eigenvalue weighted by molar-refractivity contribution is 6.35. The fraction of sp³-hybridized carbons (Fsp3) is 0.533. The maximum Gasteiger partial charge on any atom is 0.254 e. The summed E-state index contributed by atoms with van der Waals surface area (Å²) in [5.41, 5.74) is 0.588. The standard InChI is InChI=1S/C15H19Cl2NO/c1-2-18(14-6-4-3-5-7-14)15(19)11-8-12(16)10-13(17)9-11/h8-10,14H,2-7H2,1H3. The molecule has 0 N–H and O–H groups in total. The van der Waals surface area contributed by atoms with E-state index < -0.39 is 0 Å². The molecule has 1 fully saturated rings. The molecule has 1 amide bonds. The van der Waals surface area contributed by atoms with Gasteiger partial charge in [0.05, 0.1) is 0 Å². The highest BCUT2D eigenvalue weighted by atomic mass is 35.5. The first-order valence-corrected chi connectivity index (χ1v) is 7.64. The molecule has 104 valence electrons. The second kappa shape index (κ2) is 6.62. The van der Waals surface area contributed by atoms with Crippen molar-refractivity contribution in [3.8, 4) is 0 Å². The molecule has 1 aliphatic rings. The Balaban J connectivity index is 2.19. The normalized spacial score (nSPS) is 16.4. The number of amides is 1. The number of carbonyl (C=O) groups excluding carboxylic acids is 1. The Hall–Kier alpha value is -0.730. The Labute approximate surface area is 124 Å². The minimum absolute atomic E-state index is 0.0406. The summed E-state index contributed by atoms with van der Waals surface area (Å²) in [6.07, 6.45) is 5.92. The first-order chi connectivity index (χ1) is 9.11. The molecule has 0 saturated heterocycles. The van der Waals surface area contributed by atoms with Gasteiger partial charge in [-0.2, -0.15) is 0 Å². The molecular formula is C15H19Cl2NO. The molecule has 0 unspecified atom stereocenters. The number of benzene rings is 1. The fourth-order valence-electron chi connectivity index (χ4n) is 2.80. The van der Waals surface area contributed by atoms with E-state index in [1.807, 2.05) is 11.8 Å². The second-order valence-corrected chi connectivity index (χ2v) is 5.91. The van der Waals surface area contributed by atoms with Gasteiger partial charge >= 0.3 is 0 Å². The molecule has 19 heavy (non-hydrogen) atoms. The lowest BCUT2D eigenvalue weighted by Crippen LogP contribution is -2.41. The molecule has 1 saturated carbocycles.